The van der Waals surface area contributed by atoms with Gasteiger partial charge in [-0.25, -0.2) is 0 Å². The van der Waals surface area contributed by atoms with E-state index in [1.54, 1.807) is 6.08 Å². The van der Waals surface area contributed by atoms with Gasteiger partial charge in [0.1, 0.15) is 24.0 Å². The van der Waals surface area contributed by atoms with Crippen molar-refractivity contribution < 1.29 is 9.53 Å². The number of halogens is 3. The molecule has 1 amide bonds. The molecule has 7 heteroatoms. The van der Waals surface area contributed by atoms with E-state index in [1.807, 2.05) is 66.7 Å². The Morgan fingerprint density at radius 3 is 2.34 bits per heavy atom. The number of nitriles is 1. The summed E-state index contributed by atoms with van der Waals surface area (Å²) >= 11 is 9.16. The minimum atomic E-state index is -0.446. The van der Waals surface area contributed by atoms with E-state index in [-0.39, 0.29) is 5.57 Å². The Kier molecular flexibility index (Phi) is 8.91. The van der Waals surface area contributed by atoms with Gasteiger partial charge in [0.2, 0.25) is 0 Å². The summed E-state index contributed by atoms with van der Waals surface area (Å²) in [6.07, 6.45) is 2.50. The second-order valence-corrected chi connectivity index (χ2v) is 9.84. The number of anilines is 1. The van der Waals surface area contributed by atoms with Crippen molar-refractivity contribution in [3.63, 3.8) is 0 Å². The first-order valence-electron chi connectivity index (χ1n) is 9.78. The van der Waals surface area contributed by atoms with Gasteiger partial charge < -0.3 is 10.1 Å². The molecule has 0 radical (unpaired) electrons. The van der Waals surface area contributed by atoms with E-state index in [4.69, 9.17) is 4.74 Å². The number of carbonyl (C=O) groups excluding carboxylic acids is 1. The summed E-state index contributed by atoms with van der Waals surface area (Å²) in [4.78, 5) is 12.6. The molecule has 32 heavy (non-hydrogen) atoms. The largest absolute Gasteiger partial charge is 0.487 e. The van der Waals surface area contributed by atoms with E-state index in [2.05, 4.69) is 66.7 Å². The van der Waals surface area contributed by atoms with Gasteiger partial charge >= 0.3 is 0 Å². The van der Waals surface area contributed by atoms with E-state index in [0.29, 0.717) is 18.0 Å². The number of ether oxygens (including phenoxy) is 1. The molecule has 0 saturated heterocycles. The molecule has 0 bridgehead atoms. The fourth-order valence-electron chi connectivity index (χ4n) is 2.87. The molecule has 1 N–H and O–H groups in total. The van der Waals surface area contributed by atoms with Crippen molar-refractivity contribution in [3.05, 3.63) is 95.4 Å². The highest BCUT2D eigenvalue weighted by molar-refractivity contribution is 14.1. The molecular weight excluding hydrogens is 647 g/mol. The van der Waals surface area contributed by atoms with Crippen molar-refractivity contribution in [1.29, 1.82) is 5.26 Å². The van der Waals surface area contributed by atoms with Crippen LogP contribution >= 0.6 is 54.5 Å². The second kappa shape index (κ2) is 11.6. The maximum Gasteiger partial charge on any atom is 0.266 e. The maximum absolute atomic E-state index is 12.6. The Hall–Kier alpha value is -2.15. The predicted octanol–water partition coefficient (Wildman–Crippen LogP) is 7.50. The normalized spacial score (nSPS) is 11.0. The number of carbonyl (C=O) groups is 1. The number of amides is 1. The Bertz CT molecular complexity index is 1160. The van der Waals surface area contributed by atoms with E-state index >= 15 is 0 Å². The molecule has 0 aromatic heterocycles. The zero-order valence-electron chi connectivity index (χ0n) is 17.2. The summed E-state index contributed by atoms with van der Waals surface area (Å²) in [5, 5.41) is 12.3. The van der Waals surface area contributed by atoms with Crippen molar-refractivity contribution in [2.24, 2.45) is 0 Å². The van der Waals surface area contributed by atoms with Crippen LogP contribution in [0.3, 0.4) is 0 Å². The number of hydrogen-bond donors (Lipinski definition) is 1. The molecule has 0 atom stereocenters. The molecule has 3 aromatic rings. The first kappa shape index (κ1) is 24.5. The predicted molar refractivity (Wildman–Crippen MR) is 143 cm³/mol. The molecule has 0 saturated carbocycles. The van der Waals surface area contributed by atoms with Crippen molar-refractivity contribution in [2.45, 2.75) is 20.0 Å². The summed E-state index contributed by atoms with van der Waals surface area (Å²) in [6, 6.07) is 21.2. The number of nitrogens with zero attached hydrogens (tertiary/aromatic N) is 1. The zero-order valence-corrected chi connectivity index (χ0v) is 22.5. The van der Waals surface area contributed by atoms with Gasteiger partial charge in [0, 0.05) is 10.2 Å². The lowest BCUT2D eigenvalue weighted by atomic mass is 10.1. The standard InChI is InChI=1S/C25H19Br2IN2O2/c1-2-16-5-9-21(10-6-16)30-25(31)19(14-29)11-18-12-22(27)24(23(28)13-18)32-15-17-3-7-20(26)8-4-17/h3-13H,2,15H2,1H3,(H,30,31)/b19-11+. The molecule has 0 aliphatic carbocycles. The molecule has 162 valence electrons. The lowest BCUT2D eigenvalue weighted by molar-refractivity contribution is -0.112. The first-order chi connectivity index (χ1) is 15.4. The van der Waals surface area contributed by atoms with Crippen molar-refractivity contribution in [1.82, 2.24) is 0 Å². The molecule has 0 spiro atoms. The highest BCUT2D eigenvalue weighted by atomic mass is 127. The number of rotatable bonds is 7. The summed E-state index contributed by atoms with van der Waals surface area (Å²) in [7, 11) is 0. The molecule has 0 fully saturated rings. The number of nitrogens with one attached hydrogen (secondary N) is 1. The van der Waals surface area contributed by atoms with E-state index in [1.165, 1.54) is 5.56 Å². The quantitative estimate of drug-likeness (QED) is 0.162. The molecule has 0 unspecified atom stereocenters. The Labute approximate surface area is 218 Å². The van der Waals surface area contributed by atoms with Crippen LogP contribution in [0.15, 0.2) is 75.2 Å². The highest BCUT2D eigenvalue weighted by Crippen LogP contribution is 2.33. The molecule has 4 nitrogen and oxygen atoms in total. The Morgan fingerprint density at radius 2 is 1.75 bits per heavy atom. The number of hydrogen-bond acceptors (Lipinski definition) is 3. The van der Waals surface area contributed by atoms with Crippen molar-refractivity contribution in [3.8, 4) is 11.8 Å². The van der Waals surface area contributed by atoms with Crippen LogP contribution in [0.5, 0.6) is 5.75 Å². The van der Waals surface area contributed by atoms with Crippen molar-refractivity contribution in [2.75, 3.05) is 5.32 Å². The van der Waals surface area contributed by atoms with Crippen LogP contribution in [0, 0.1) is 14.9 Å². The highest BCUT2D eigenvalue weighted by Gasteiger charge is 2.13. The van der Waals surface area contributed by atoms with Crippen LogP contribution in [-0.4, -0.2) is 5.91 Å². The fraction of sp³-hybridized carbons (Fsp3) is 0.120. The second-order valence-electron chi connectivity index (χ2n) is 6.90. The van der Waals surface area contributed by atoms with Crippen LogP contribution in [0.2, 0.25) is 0 Å². The monoisotopic (exact) mass is 664 g/mol. The van der Waals surface area contributed by atoms with Gasteiger partial charge in [0.15, 0.2) is 0 Å². The SMILES string of the molecule is CCc1ccc(NC(=O)/C(C#N)=C/c2cc(Br)c(OCc3ccc(Br)cc3)c(I)c2)cc1. The third-order valence-corrected chi connectivity index (χ3v) is 6.53. The Balaban J connectivity index is 1.74. The van der Waals surface area contributed by atoms with Gasteiger partial charge in [-0.05, 0) is 104 Å². The minimum absolute atomic E-state index is 0.0239. The fourth-order valence-corrected chi connectivity index (χ4v) is 4.91. The molecule has 0 aliphatic heterocycles. The van der Waals surface area contributed by atoms with Gasteiger partial charge in [-0.2, -0.15) is 5.26 Å². The smallest absolute Gasteiger partial charge is 0.266 e. The van der Waals surface area contributed by atoms with Gasteiger partial charge in [-0.15, -0.1) is 0 Å². The van der Waals surface area contributed by atoms with Crippen LogP contribution in [-0.2, 0) is 17.8 Å². The van der Waals surface area contributed by atoms with Crippen LogP contribution < -0.4 is 10.1 Å². The molecule has 0 aliphatic rings. The molecule has 3 rings (SSSR count). The van der Waals surface area contributed by atoms with Crippen molar-refractivity contribution >= 4 is 72.1 Å². The molecule has 0 heterocycles. The maximum atomic E-state index is 12.6. The first-order valence-corrected chi connectivity index (χ1v) is 12.4. The number of benzene rings is 3. The van der Waals surface area contributed by atoms with Crippen LogP contribution in [0.4, 0.5) is 5.69 Å². The third-order valence-electron chi connectivity index (χ3n) is 4.61. The van der Waals surface area contributed by atoms with E-state index in [9.17, 15) is 10.1 Å². The summed E-state index contributed by atoms with van der Waals surface area (Å²) in [5.41, 5.74) is 3.64. The van der Waals surface area contributed by atoms with Crippen LogP contribution in [0.1, 0.15) is 23.6 Å². The zero-order chi connectivity index (χ0) is 23.1. The van der Waals surface area contributed by atoms with Gasteiger partial charge in [0.25, 0.3) is 5.91 Å². The van der Waals surface area contributed by atoms with Gasteiger partial charge in [-0.1, -0.05) is 47.1 Å². The lowest BCUT2D eigenvalue weighted by Crippen LogP contribution is -2.13. The van der Waals surface area contributed by atoms with E-state index in [0.717, 1.165) is 30.1 Å². The van der Waals surface area contributed by atoms with E-state index < -0.39 is 5.91 Å². The molecule has 3 aromatic carbocycles. The molecular formula is C25H19Br2IN2O2. The number of aryl methyl sites for hydroxylation is 1. The van der Waals surface area contributed by atoms with Gasteiger partial charge in [0.05, 0.1) is 8.04 Å². The third kappa shape index (κ3) is 6.67. The average Bonchev–Trinajstić information content (AvgIpc) is 2.78. The van der Waals surface area contributed by atoms with Gasteiger partial charge in [-0.3, -0.25) is 4.79 Å². The summed E-state index contributed by atoms with van der Waals surface area (Å²) < 4.78 is 8.63. The summed E-state index contributed by atoms with van der Waals surface area (Å²) in [6.45, 7) is 2.50. The topological polar surface area (TPSA) is 62.1 Å². The Morgan fingerprint density at radius 1 is 1.09 bits per heavy atom. The van der Waals surface area contributed by atoms with Crippen LogP contribution in [0.25, 0.3) is 6.08 Å². The minimum Gasteiger partial charge on any atom is -0.487 e. The summed E-state index contributed by atoms with van der Waals surface area (Å²) in [5.74, 6) is 0.267. The average molecular weight is 666 g/mol. The lowest BCUT2D eigenvalue weighted by Gasteiger charge is -2.12.